The number of carbonyl (C=O) groups excluding carboxylic acids is 2. The Balaban J connectivity index is 1.48. The molecule has 2 N–H and O–H groups in total. The molecule has 2 amide bonds. The van der Waals surface area contributed by atoms with Gasteiger partial charge in [-0.3, -0.25) is 14.9 Å². The van der Waals surface area contributed by atoms with Gasteiger partial charge in [-0.05, 0) is 24.5 Å². The Morgan fingerprint density at radius 2 is 2.23 bits per heavy atom. The molecule has 2 fully saturated rings. The number of hydrogen-bond acceptors (Lipinski definition) is 5. The molecule has 1 aromatic carbocycles. The molecule has 31 heavy (non-hydrogen) atoms. The van der Waals surface area contributed by atoms with Crippen LogP contribution in [0.25, 0.3) is 10.9 Å². The molecule has 1 aliphatic heterocycles. The van der Waals surface area contributed by atoms with Gasteiger partial charge in [0.25, 0.3) is 0 Å². The highest BCUT2D eigenvalue weighted by molar-refractivity contribution is 6.35. The van der Waals surface area contributed by atoms with Gasteiger partial charge in [-0.15, -0.1) is 0 Å². The molecular weight excluding hydrogens is 420 g/mol. The van der Waals surface area contributed by atoms with Crippen LogP contribution in [0.2, 0.25) is 5.02 Å². The third-order valence-electron chi connectivity index (χ3n) is 5.74. The number of hydrogen-bond donors (Lipinski definition) is 2. The first-order valence-electron chi connectivity index (χ1n) is 10.7. The van der Waals surface area contributed by atoms with Gasteiger partial charge in [0.1, 0.15) is 6.61 Å². The maximum absolute atomic E-state index is 13.1. The van der Waals surface area contributed by atoms with Crippen molar-refractivity contribution in [2.45, 2.75) is 32.0 Å². The largest absolute Gasteiger partial charge is 0.375 e. The Labute approximate surface area is 186 Å². The molecule has 1 unspecified atom stereocenters. The molecule has 2 aromatic rings. The van der Waals surface area contributed by atoms with E-state index in [9.17, 15) is 9.59 Å². The second-order valence-corrected chi connectivity index (χ2v) is 8.58. The van der Waals surface area contributed by atoms with Gasteiger partial charge in [-0.25, -0.2) is 0 Å². The highest BCUT2D eigenvalue weighted by Crippen LogP contribution is 2.32. The highest BCUT2D eigenvalue weighted by Gasteiger charge is 2.36. The van der Waals surface area contributed by atoms with E-state index in [-0.39, 0.29) is 24.3 Å². The minimum Gasteiger partial charge on any atom is -0.375 e. The third-order valence-corrected chi connectivity index (χ3v) is 6.04. The molecule has 8 nitrogen and oxygen atoms in total. The summed E-state index contributed by atoms with van der Waals surface area (Å²) in [4.78, 5) is 26.7. The van der Waals surface area contributed by atoms with Gasteiger partial charge in [-0.2, -0.15) is 0 Å². The van der Waals surface area contributed by atoms with E-state index in [4.69, 9.17) is 21.1 Å². The topological polar surface area (TPSA) is 84.8 Å². The van der Waals surface area contributed by atoms with Gasteiger partial charge in [0.05, 0.1) is 24.3 Å². The lowest BCUT2D eigenvalue weighted by atomic mass is 10.1. The summed E-state index contributed by atoms with van der Waals surface area (Å²) in [6.07, 6.45) is 3.99. The van der Waals surface area contributed by atoms with Crippen molar-refractivity contribution in [3.63, 3.8) is 0 Å². The summed E-state index contributed by atoms with van der Waals surface area (Å²) in [6, 6.07) is 6.46. The van der Waals surface area contributed by atoms with E-state index in [0.717, 1.165) is 29.3 Å². The summed E-state index contributed by atoms with van der Waals surface area (Å²) >= 11 is 6.43. The number of ether oxygens (including phenoxy) is 2. The fraction of sp³-hybridized carbons (Fsp3) is 0.545. The molecule has 4 rings (SSSR count). The lowest BCUT2D eigenvalue weighted by Crippen LogP contribution is -2.46. The molecule has 168 valence electrons. The smallest absolute Gasteiger partial charge is 0.246 e. The van der Waals surface area contributed by atoms with Gasteiger partial charge in [0.2, 0.25) is 11.8 Å². The first-order valence-corrected chi connectivity index (χ1v) is 11.1. The van der Waals surface area contributed by atoms with Crippen LogP contribution in [-0.2, 0) is 32.2 Å². The molecule has 1 atom stereocenters. The van der Waals surface area contributed by atoms with E-state index in [1.54, 1.807) is 0 Å². The van der Waals surface area contributed by atoms with Crippen LogP contribution in [0.15, 0.2) is 24.4 Å². The van der Waals surface area contributed by atoms with Gasteiger partial charge in [0.15, 0.2) is 0 Å². The van der Waals surface area contributed by atoms with E-state index in [1.165, 1.54) is 7.11 Å². The average molecular weight is 449 g/mol. The molecule has 1 aliphatic carbocycles. The monoisotopic (exact) mass is 448 g/mol. The molecule has 0 bridgehead atoms. The minimum absolute atomic E-state index is 0.0456. The molecule has 1 saturated carbocycles. The fourth-order valence-electron chi connectivity index (χ4n) is 4.00. The van der Waals surface area contributed by atoms with Crippen molar-refractivity contribution in [1.82, 2.24) is 20.1 Å². The van der Waals surface area contributed by atoms with Crippen LogP contribution in [0.4, 0.5) is 0 Å². The van der Waals surface area contributed by atoms with Crippen LogP contribution in [-0.4, -0.2) is 67.5 Å². The van der Waals surface area contributed by atoms with E-state index < -0.39 is 0 Å². The van der Waals surface area contributed by atoms with Crippen molar-refractivity contribution in [2.24, 2.45) is 5.92 Å². The van der Waals surface area contributed by atoms with Crippen molar-refractivity contribution in [3.8, 4) is 0 Å². The number of amides is 2. The van der Waals surface area contributed by atoms with Gasteiger partial charge in [-0.1, -0.05) is 23.7 Å². The SMILES string of the molecule is COCC(=O)NCCn1cc(Cl)c2ccc(CN(C(=O)C3CNCOC3)C3CC3)cc21. The number of rotatable bonds is 9. The number of fused-ring (bicyclic) bond motifs is 1. The number of nitrogens with zero attached hydrogens (tertiary/aromatic N) is 2. The zero-order chi connectivity index (χ0) is 21.8. The second kappa shape index (κ2) is 9.99. The number of nitrogens with one attached hydrogen (secondary N) is 2. The summed E-state index contributed by atoms with van der Waals surface area (Å²) in [5.74, 6) is -0.123. The first-order chi connectivity index (χ1) is 15.1. The van der Waals surface area contributed by atoms with Crippen molar-refractivity contribution in [2.75, 3.05) is 40.1 Å². The van der Waals surface area contributed by atoms with Crippen molar-refractivity contribution >= 4 is 34.3 Å². The average Bonchev–Trinajstić information content (AvgIpc) is 3.57. The Morgan fingerprint density at radius 1 is 1.39 bits per heavy atom. The first kappa shape index (κ1) is 22.1. The number of carbonyl (C=O) groups is 2. The van der Waals surface area contributed by atoms with Crippen LogP contribution in [0, 0.1) is 5.92 Å². The molecule has 2 aliphatic rings. The van der Waals surface area contributed by atoms with Crippen LogP contribution in [0.1, 0.15) is 18.4 Å². The van der Waals surface area contributed by atoms with Crippen LogP contribution in [0.3, 0.4) is 0 Å². The summed E-state index contributed by atoms with van der Waals surface area (Å²) in [6.45, 7) is 3.34. The molecule has 1 aromatic heterocycles. The number of aromatic nitrogens is 1. The lowest BCUT2D eigenvalue weighted by molar-refractivity contribution is -0.140. The lowest BCUT2D eigenvalue weighted by Gasteiger charge is -2.30. The van der Waals surface area contributed by atoms with Crippen LogP contribution < -0.4 is 10.6 Å². The Morgan fingerprint density at radius 3 is 2.94 bits per heavy atom. The maximum Gasteiger partial charge on any atom is 0.246 e. The maximum atomic E-state index is 13.1. The predicted molar refractivity (Wildman–Crippen MR) is 118 cm³/mol. The fourth-order valence-corrected chi connectivity index (χ4v) is 4.28. The summed E-state index contributed by atoms with van der Waals surface area (Å²) < 4.78 is 12.3. The van der Waals surface area contributed by atoms with Crippen LogP contribution >= 0.6 is 11.6 Å². The normalized spacial score (nSPS) is 18.8. The third kappa shape index (κ3) is 5.38. The van der Waals surface area contributed by atoms with Crippen molar-refractivity contribution < 1.29 is 19.1 Å². The Hall–Kier alpha value is -2.13. The van der Waals surface area contributed by atoms with E-state index >= 15 is 0 Å². The zero-order valence-corrected chi connectivity index (χ0v) is 18.5. The van der Waals surface area contributed by atoms with Crippen molar-refractivity contribution in [3.05, 3.63) is 35.0 Å². The molecule has 0 spiro atoms. The Bertz CT molecular complexity index is 937. The molecule has 1 saturated heterocycles. The van der Waals surface area contributed by atoms with Gasteiger partial charge >= 0.3 is 0 Å². The number of halogens is 1. The highest BCUT2D eigenvalue weighted by atomic mass is 35.5. The van der Waals surface area contributed by atoms with Crippen LogP contribution in [0.5, 0.6) is 0 Å². The van der Waals surface area contributed by atoms with E-state index in [0.29, 0.717) is 50.6 Å². The van der Waals surface area contributed by atoms with Gasteiger partial charge in [0, 0.05) is 56.4 Å². The molecular formula is C22H29ClN4O4. The Kier molecular flexibility index (Phi) is 7.12. The predicted octanol–water partition coefficient (Wildman–Crippen LogP) is 1.74. The molecule has 2 heterocycles. The van der Waals surface area contributed by atoms with Gasteiger partial charge < -0.3 is 24.3 Å². The standard InChI is InChI=1S/C22H29ClN4O4/c1-30-13-21(28)25-6-7-26-11-19(23)18-5-2-15(8-20(18)26)10-27(17-3-4-17)22(29)16-9-24-14-31-12-16/h2,5,8,11,16-17,24H,3-4,6-7,9-10,12-14H2,1H3,(H,25,28). The molecule has 9 heteroatoms. The minimum atomic E-state index is -0.148. The van der Waals surface area contributed by atoms with E-state index in [1.807, 2.05) is 27.8 Å². The van der Waals surface area contributed by atoms with E-state index in [2.05, 4.69) is 16.7 Å². The quantitative estimate of drug-likeness (QED) is 0.610. The summed E-state index contributed by atoms with van der Waals surface area (Å²) in [5, 5.41) is 7.60. The number of benzene rings is 1. The summed E-state index contributed by atoms with van der Waals surface area (Å²) in [7, 11) is 1.49. The number of methoxy groups -OCH3 is 1. The summed E-state index contributed by atoms with van der Waals surface area (Å²) in [5.41, 5.74) is 2.06. The zero-order valence-electron chi connectivity index (χ0n) is 17.7. The molecule has 0 radical (unpaired) electrons. The van der Waals surface area contributed by atoms with Crippen molar-refractivity contribution in [1.29, 1.82) is 0 Å². The second-order valence-electron chi connectivity index (χ2n) is 8.17.